The lowest BCUT2D eigenvalue weighted by Crippen LogP contribution is -1.82. The van der Waals surface area contributed by atoms with Crippen molar-refractivity contribution >= 4 is 34.9 Å². The molecule has 1 unspecified atom stereocenters. The minimum Gasteiger partial charge on any atom is -0.391 e. The Bertz CT molecular complexity index is 279. The van der Waals surface area contributed by atoms with Crippen LogP contribution >= 0.6 is 34.9 Å². The molecular formula is C8H8OS3. The largest absolute Gasteiger partial charge is 0.391 e. The van der Waals surface area contributed by atoms with E-state index in [-0.39, 0.29) is 6.61 Å². The molecule has 1 aliphatic rings. The summed E-state index contributed by atoms with van der Waals surface area (Å²) in [5, 5.41) is 13.0. The van der Waals surface area contributed by atoms with E-state index >= 15 is 0 Å². The van der Waals surface area contributed by atoms with Gasteiger partial charge in [-0.2, -0.15) is 0 Å². The van der Waals surface area contributed by atoms with Crippen LogP contribution in [0.15, 0.2) is 27.8 Å². The molecule has 1 nitrogen and oxygen atoms in total. The molecule has 2 rings (SSSR count). The van der Waals surface area contributed by atoms with Gasteiger partial charge in [-0.15, -0.1) is 34.9 Å². The molecule has 0 saturated carbocycles. The van der Waals surface area contributed by atoms with E-state index in [4.69, 9.17) is 5.11 Å². The highest BCUT2D eigenvalue weighted by Crippen LogP contribution is 2.51. The molecule has 12 heavy (non-hydrogen) atoms. The van der Waals surface area contributed by atoms with Gasteiger partial charge in [0.2, 0.25) is 0 Å². The highest BCUT2D eigenvalue weighted by molar-refractivity contribution is 8.22. The summed E-state index contributed by atoms with van der Waals surface area (Å²) in [4.78, 5) is 2.46. The van der Waals surface area contributed by atoms with E-state index in [0.717, 1.165) is 4.91 Å². The minimum absolute atomic E-state index is 0.180. The summed E-state index contributed by atoms with van der Waals surface area (Å²) in [5.74, 6) is 0. The molecule has 0 aromatic carbocycles. The van der Waals surface area contributed by atoms with Gasteiger partial charge in [0, 0.05) is 9.78 Å². The summed E-state index contributed by atoms with van der Waals surface area (Å²) in [6, 6.07) is 4.21. The highest BCUT2D eigenvalue weighted by atomic mass is 32.2. The average Bonchev–Trinajstić information content (AvgIpc) is 2.75. The Labute approximate surface area is 83.9 Å². The van der Waals surface area contributed by atoms with Gasteiger partial charge in [-0.05, 0) is 16.9 Å². The molecule has 1 atom stereocenters. The van der Waals surface area contributed by atoms with E-state index in [1.807, 2.05) is 0 Å². The van der Waals surface area contributed by atoms with Crippen LogP contribution in [0.4, 0.5) is 0 Å². The fourth-order valence-corrected chi connectivity index (χ4v) is 4.44. The molecule has 4 heteroatoms. The van der Waals surface area contributed by atoms with E-state index in [1.54, 1.807) is 34.9 Å². The second-order valence-electron chi connectivity index (χ2n) is 2.34. The summed E-state index contributed by atoms with van der Waals surface area (Å²) in [6.45, 7) is 0.180. The van der Waals surface area contributed by atoms with Crippen molar-refractivity contribution in [3.05, 3.63) is 32.7 Å². The maximum Gasteiger partial charge on any atom is 0.0929 e. The third-order valence-electron chi connectivity index (χ3n) is 1.51. The predicted molar refractivity (Wildman–Crippen MR) is 57.4 cm³/mol. The quantitative estimate of drug-likeness (QED) is 0.820. The van der Waals surface area contributed by atoms with E-state index in [2.05, 4.69) is 22.9 Å². The number of thioether (sulfide) groups is 2. The normalized spacial score (nSPS) is 22.8. The number of hydrogen-bond acceptors (Lipinski definition) is 4. The van der Waals surface area contributed by atoms with Crippen molar-refractivity contribution in [2.24, 2.45) is 0 Å². The van der Waals surface area contributed by atoms with Crippen molar-refractivity contribution in [3.63, 3.8) is 0 Å². The van der Waals surface area contributed by atoms with Crippen LogP contribution in [0, 0.1) is 0 Å². The first-order valence-electron chi connectivity index (χ1n) is 3.55. The molecule has 0 fully saturated rings. The third-order valence-corrected chi connectivity index (χ3v) is 5.46. The Balaban J connectivity index is 2.04. The number of rotatable bonds is 2. The highest BCUT2D eigenvalue weighted by Gasteiger charge is 2.20. The Morgan fingerprint density at radius 2 is 2.42 bits per heavy atom. The van der Waals surface area contributed by atoms with Crippen molar-refractivity contribution in [1.29, 1.82) is 0 Å². The van der Waals surface area contributed by atoms with Crippen molar-refractivity contribution in [1.82, 2.24) is 0 Å². The monoisotopic (exact) mass is 216 g/mol. The van der Waals surface area contributed by atoms with Crippen LogP contribution in [0.3, 0.4) is 0 Å². The summed E-state index contributed by atoms with van der Waals surface area (Å²) >= 11 is 5.31. The van der Waals surface area contributed by atoms with E-state index < -0.39 is 0 Å². The zero-order chi connectivity index (χ0) is 8.39. The Morgan fingerprint density at radius 3 is 3.00 bits per heavy atom. The molecule has 1 aromatic rings. The van der Waals surface area contributed by atoms with Crippen molar-refractivity contribution in [2.75, 3.05) is 6.61 Å². The lowest BCUT2D eigenvalue weighted by atomic mass is 10.5. The lowest BCUT2D eigenvalue weighted by Gasteiger charge is -2.04. The molecule has 64 valence electrons. The fourth-order valence-electron chi connectivity index (χ4n) is 0.956. The minimum atomic E-state index is 0.180. The topological polar surface area (TPSA) is 20.2 Å². The molecule has 1 N–H and O–H groups in total. The van der Waals surface area contributed by atoms with Gasteiger partial charge in [-0.3, -0.25) is 0 Å². The average molecular weight is 216 g/mol. The van der Waals surface area contributed by atoms with Crippen LogP contribution in [-0.4, -0.2) is 11.7 Å². The summed E-state index contributed by atoms with van der Waals surface area (Å²) in [5.41, 5.74) is 0. The van der Waals surface area contributed by atoms with Crippen LogP contribution in [0.1, 0.15) is 9.46 Å². The van der Waals surface area contributed by atoms with Gasteiger partial charge in [0.25, 0.3) is 0 Å². The van der Waals surface area contributed by atoms with Gasteiger partial charge in [-0.1, -0.05) is 6.07 Å². The molecule has 0 saturated heterocycles. The molecule has 0 spiro atoms. The van der Waals surface area contributed by atoms with Crippen molar-refractivity contribution < 1.29 is 5.11 Å². The first-order chi connectivity index (χ1) is 5.90. The zero-order valence-electron chi connectivity index (χ0n) is 6.27. The summed E-state index contributed by atoms with van der Waals surface area (Å²) in [6.07, 6.45) is 0. The lowest BCUT2D eigenvalue weighted by molar-refractivity contribution is 0.340. The van der Waals surface area contributed by atoms with Crippen molar-refractivity contribution in [2.45, 2.75) is 4.58 Å². The van der Waals surface area contributed by atoms with Crippen molar-refractivity contribution in [3.8, 4) is 0 Å². The SMILES string of the molecule is OCC1=CSC(c2cccs2)S1. The fraction of sp³-hybridized carbons (Fsp3) is 0.250. The summed E-state index contributed by atoms with van der Waals surface area (Å²) < 4.78 is 0.479. The van der Waals surface area contributed by atoms with Gasteiger partial charge in [-0.25, -0.2) is 0 Å². The van der Waals surface area contributed by atoms with E-state index in [0.29, 0.717) is 4.58 Å². The van der Waals surface area contributed by atoms with Crippen LogP contribution in [0.25, 0.3) is 0 Å². The molecule has 2 heterocycles. The Hall–Kier alpha value is 0.1000. The van der Waals surface area contributed by atoms with Gasteiger partial charge in [0.1, 0.15) is 0 Å². The summed E-state index contributed by atoms with van der Waals surface area (Å²) in [7, 11) is 0. The first-order valence-corrected chi connectivity index (χ1v) is 6.26. The molecular weight excluding hydrogens is 208 g/mol. The second-order valence-corrected chi connectivity index (χ2v) is 5.83. The molecule has 0 amide bonds. The van der Waals surface area contributed by atoms with Crippen LogP contribution in [0.5, 0.6) is 0 Å². The van der Waals surface area contributed by atoms with Crippen LogP contribution in [0.2, 0.25) is 0 Å². The molecule has 0 radical (unpaired) electrons. The number of hydrogen-bond donors (Lipinski definition) is 1. The van der Waals surface area contributed by atoms with Gasteiger partial charge < -0.3 is 5.11 Å². The zero-order valence-corrected chi connectivity index (χ0v) is 8.72. The Morgan fingerprint density at radius 1 is 1.50 bits per heavy atom. The van der Waals surface area contributed by atoms with E-state index in [9.17, 15) is 0 Å². The Kier molecular flexibility index (Phi) is 2.80. The van der Waals surface area contributed by atoms with Gasteiger partial charge >= 0.3 is 0 Å². The van der Waals surface area contributed by atoms with E-state index in [1.165, 1.54) is 4.88 Å². The number of aliphatic hydroxyl groups excluding tert-OH is 1. The molecule has 1 aromatic heterocycles. The number of aliphatic hydroxyl groups is 1. The predicted octanol–water partition coefficient (Wildman–Crippen LogP) is 3.06. The first kappa shape index (κ1) is 8.69. The third kappa shape index (κ3) is 1.71. The van der Waals surface area contributed by atoms with Gasteiger partial charge in [0.05, 0.1) is 11.2 Å². The van der Waals surface area contributed by atoms with Crippen LogP contribution in [-0.2, 0) is 0 Å². The standard InChI is InChI=1S/C8H8OS3/c9-4-6-5-11-8(12-6)7-2-1-3-10-7/h1-3,5,8-9H,4H2. The number of thiophene rings is 1. The maximum absolute atomic E-state index is 8.88. The molecule has 1 aliphatic heterocycles. The molecule has 0 bridgehead atoms. The molecule has 0 aliphatic carbocycles. The maximum atomic E-state index is 8.88. The second kappa shape index (κ2) is 3.87. The van der Waals surface area contributed by atoms with Gasteiger partial charge in [0.15, 0.2) is 0 Å². The van der Waals surface area contributed by atoms with Crippen LogP contribution < -0.4 is 0 Å². The smallest absolute Gasteiger partial charge is 0.0929 e.